The molecule has 1 aliphatic rings. The first kappa shape index (κ1) is 66.0. The largest absolute Gasteiger partial charge is 0.488 e. The Kier molecular flexibility index (Phi) is 17.4. The standard InChI is InChI=1S/C48H33N3S.C33H20ClN3S.C12H9BO2S/c1-48(2)41-21-10-8-16-35(41)36-28-27-33(29-42(36)48)30-23-25-32(26-24-30)45-49-46(39-18-7-6-15-34(39)31-13-4-3-5-14-31)51-47(50-45)40-20-12-19-38-37-17-9-11-22-43(37)52-44(38)40;34-23-19-17-22(18-20-23)31-35-32(27-13-5-4-11-24(27)21-9-2-1-3-10-21)37-33(36-31)28-15-8-14-26-25-12-6-7-16-29(25)38-30(26)28;14-13(15)8-5-6-10-9-3-1-2-4-11(9)16-12(10)7-8/h3-29H,1-2H3;1-20H;1-7,14-15H. The van der Waals surface area contributed by atoms with Gasteiger partial charge in [-0.15, -0.1) is 34.0 Å². The maximum absolute atomic E-state index is 9.12. The van der Waals surface area contributed by atoms with E-state index in [4.69, 9.17) is 51.6 Å². The van der Waals surface area contributed by atoms with Gasteiger partial charge in [-0.1, -0.05) is 286 Å². The third-order valence-electron chi connectivity index (χ3n) is 19.9. The van der Waals surface area contributed by atoms with Crippen molar-refractivity contribution in [2.24, 2.45) is 0 Å². The fourth-order valence-electron chi connectivity index (χ4n) is 14.6. The van der Waals surface area contributed by atoms with Gasteiger partial charge in [-0.2, -0.15) is 0 Å². The second kappa shape index (κ2) is 27.9. The van der Waals surface area contributed by atoms with Crippen LogP contribution in [0.1, 0.15) is 25.0 Å². The van der Waals surface area contributed by atoms with E-state index in [0.29, 0.717) is 45.4 Å². The van der Waals surface area contributed by atoms with E-state index in [1.165, 1.54) is 83.6 Å². The molecule has 5 aromatic heterocycles. The summed E-state index contributed by atoms with van der Waals surface area (Å²) in [6.07, 6.45) is 0. The SMILES string of the molecule is CC1(C)c2ccccc2-c2ccc(-c3ccc(-c4nc(-c5ccccc5-c5ccccc5)nc(-c5cccc6c5sc5ccccc56)n4)cc3)cc21.Clc1ccc(-c2nc(-c3ccccc3-c3ccccc3)nc(-c3cccc4c3sc3ccccc34)n2)cc1.OB(O)c1ccc2c(c1)sc1ccccc12. The molecule has 19 aromatic rings. The van der Waals surface area contributed by atoms with Crippen LogP contribution in [0.3, 0.4) is 0 Å². The molecule has 20 rings (SSSR count). The zero-order valence-electron chi connectivity index (χ0n) is 57.4. The summed E-state index contributed by atoms with van der Waals surface area (Å²) >= 11 is 11.4. The number of halogens is 1. The Bertz CT molecular complexity index is 6560. The second-order valence-corrected chi connectivity index (χ2v) is 30.4. The minimum absolute atomic E-state index is 0.0487. The molecule has 0 radical (unpaired) electrons. The molecular weight excluding hydrogens is 1380 g/mol. The van der Waals surface area contributed by atoms with Gasteiger partial charge in [0.15, 0.2) is 34.9 Å². The zero-order valence-corrected chi connectivity index (χ0v) is 60.6. The molecule has 1 aliphatic carbocycles. The molecule has 0 spiro atoms. The molecule has 14 aromatic carbocycles. The van der Waals surface area contributed by atoms with Crippen LogP contribution in [0.5, 0.6) is 0 Å². The number of nitrogens with zero attached hydrogens (tertiary/aromatic N) is 6. The molecule has 2 N–H and O–H groups in total. The van der Waals surface area contributed by atoms with Crippen molar-refractivity contribution in [3.8, 4) is 113 Å². The number of hydrogen-bond donors (Lipinski definition) is 2. The third kappa shape index (κ3) is 12.4. The fourth-order valence-corrected chi connectivity index (χ4v) is 18.3. The minimum Gasteiger partial charge on any atom is -0.423 e. The van der Waals surface area contributed by atoms with E-state index < -0.39 is 7.12 Å². The summed E-state index contributed by atoms with van der Waals surface area (Å²) in [5, 5.41) is 26.2. The van der Waals surface area contributed by atoms with Gasteiger partial charge in [0.05, 0.1) is 0 Å². The lowest BCUT2D eigenvalue weighted by molar-refractivity contribution is 0.426. The summed E-state index contributed by atoms with van der Waals surface area (Å²) in [6, 6.07) is 113. The molecule has 0 amide bonds. The number of hydrogen-bond acceptors (Lipinski definition) is 11. The number of benzene rings is 14. The molecule has 0 saturated carbocycles. The molecule has 0 saturated heterocycles. The van der Waals surface area contributed by atoms with Crippen LogP contribution in [0.25, 0.3) is 173 Å². The first-order valence-electron chi connectivity index (χ1n) is 35.0. The minimum atomic E-state index is -1.39. The summed E-state index contributed by atoms with van der Waals surface area (Å²) in [4.78, 5) is 30.6. The zero-order chi connectivity index (χ0) is 71.4. The topological polar surface area (TPSA) is 118 Å². The van der Waals surface area contributed by atoms with Crippen molar-refractivity contribution in [3.05, 3.63) is 344 Å². The Balaban J connectivity index is 0.000000128. The number of fused-ring (bicyclic) bond motifs is 12. The predicted molar refractivity (Wildman–Crippen MR) is 446 cm³/mol. The van der Waals surface area contributed by atoms with Gasteiger partial charge in [0.1, 0.15) is 0 Å². The van der Waals surface area contributed by atoms with Crippen molar-refractivity contribution in [1.29, 1.82) is 0 Å². The van der Waals surface area contributed by atoms with Gasteiger partial charge in [-0.05, 0) is 128 Å². The Morgan fingerprint density at radius 3 is 1.15 bits per heavy atom. The number of aromatic nitrogens is 6. The second-order valence-electron chi connectivity index (χ2n) is 26.7. The Morgan fingerprint density at radius 2 is 0.632 bits per heavy atom. The summed E-state index contributed by atoms with van der Waals surface area (Å²) in [7, 11) is -1.39. The van der Waals surface area contributed by atoms with Crippen LogP contribution >= 0.6 is 45.6 Å². The van der Waals surface area contributed by atoms with Crippen molar-refractivity contribution in [2.45, 2.75) is 19.3 Å². The number of thiophene rings is 3. The van der Waals surface area contributed by atoms with Gasteiger partial charge in [-0.3, -0.25) is 0 Å². The fraction of sp³-hybridized carbons (Fsp3) is 0.0323. The van der Waals surface area contributed by atoms with Crippen molar-refractivity contribution in [1.82, 2.24) is 29.9 Å². The van der Waals surface area contributed by atoms with Crippen LogP contribution in [0.15, 0.2) is 328 Å². The molecule has 13 heteroatoms. The Hall–Kier alpha value is -12.0. The van der Waals surface area contributed by atoms with E-state index in [2.05, 4.69) is 250 Å². The molecule has 5 heterocycles. The molecule has 504 valence electrons. The normalized spacial score (nSPS) is 12.1. The van der Waals surface area contributed by atoms with Gasteiger partial charge in [0.25, 0.3) is 0 Å². The first-order chi connectivity index (χ1) is 52.0. The maximum atomic E-state index is 9.12. The third-order valence-corrected chi connectivity index (χ3v) is 23.8. The molecule has 8 nitrogen and oxygen atoms in total. The monoisotopic (exact) mass is 1440 g/mol. The Labute approximate surface area is 629 Å². The van der Waals surface area contributed by atoms with Crippen molar-refractivity contribution < 1.29 is 10.0 Å². The van der Waals surface area contributed by atoms with Crippen molar-refractivity contribution in [2.75, 3.05) is 0 Å². The predicted octanol–water partition coefficient (Wildman–Crippen LogP) is 24.2. The molecule has 0 bridgehead atoms. The maximum Gasteiger partial charge on any atom is 0.488 e. The summed E-state index contributed by atoms with van der Waals surface area (Å²) in [5.74, 6) is 3.88. The smallest absolute Gasteiger partial charge is 0.423 e. The highest BCUT2D eigenvalue weighted by molar-refractivity contribution is 7.27. The van der Waals surface area contributed by atoms with E-state index in [9.17, 15) is 0 Å². The highest BCUT2D eigenvalue weighted by Crippen LogP contribution is 2.50. The van der Waals surface area contributed by atoms with Gasteiger partial charge in [0.2, 0.25) is 0 Å². The molecule has 0 fully saturated rings. The van der Waals surface area contributed by atoms with Crippen LogP contribution in [-0.2, 0) is 5.41 Å². The highest BCUT2D eigenvalue weighted by Gasteiger charge is 2.35. The van der Waals surface area contributed by atoms with Crippen LogP contribution in [-0.4, -0.2) is 47.1 Å². The number of rotatable bonds is 10. The van der Waals surface area contributed by atoms with E-state index in [0.717, 1.165) is 65.9 Å². The molecule has 0 unspecified atom stereocenters. The summed E-state index contributed by atoms with van der Waals surface area (Å²) in [5.41, 5.74) is 18.5. The summed E-state index contributed by atoms with van der Waals surface area (Å²) < 4.78 is 7.16. The van der Waals surface area contributed by atoms with Gasteiger partial charge in [-0.25, -0.2) is 29.9 Å². The van der Waals surface area contributed by atoms with E-state index >= 15 is 0 Å². The van der Waals surface area contributed by atoms with Gasteiger partial charge >= 0.3 is 7.12 Å². The quantitative estimate of drug-likeness (QED) is 0.130. The van der Waals surface area contributed by atoms with E-state index in [-0.39, 0.29) is 5.41 Å². The van der Waals surface area contributed by atoms with Crippen LogP contribution in [0, 0.1) is 0 Å². The van der Waals surface area contributed by atoms with Crippen LogP contribution in [0.2, 0.25) is 5.02 Å². The van der Waals surface area contributed by atoms with E-state index in [1.54, 1.807) is 40.1 Å². The Morgan fingerprint density at radius 1 is 0.264 bits per heavy atom. The average molecular weight is 1440 g/mol. The lowest BCUT2D eigenvalue weighted by Crippen LogP contribution is -2.29. The average Bonchev–Trinajstić information content (AvgIpc) is 1.55. The van der Waals surface area contributed by atoms with Crippen molar-refractivity contribution in [3.63, 3.8) is 0 Å². The van der Waals surface area contributed by atoms with Gasteiger partial charge < -0.3 is 10.0 Å². The molecule has 106 heavy (non-hydrogen) atoms. The van der Waals surface area contributed by atoms with E-state index in [1.807, 2.05) is 84.9 Å². The van der Waals surface area contributed by atoms with Crippen LogP contribution < -0.4 is 5.46 Å². The molecule has 0 atom stereocenters. The lowest BCUT2D eigenvalue weighted by Gasteiger charge is -2.22. The van der Waals surface area contributed by atoms with Gasteiger partial charge in [0, 0.05) is 104 Å². The molecular formula is C93H62BClN6O2S3. The highest BCUT2D eigenvalue weighted by atomic mass is 35.5. The first-order valence-corrected chi connectivity index (χ1v) is 37.9. The lowest BCUT2D eigenvalue weighted by atomic mass is 9.80. The van der Waals surface area contributed by atoms with Crippen LogP contribution in [0.4, 0.5) is 0 Å². The van der Waals surface area contributed by atoms with Crippen molar-refractivity contribution >= 4 is 119 Å². The molecule has 0 aliphatic heterocycles. The summed E-state index contributed by atoms with van der Waals surface area (Å²) in [6.45, 7) is 4.66.